The lowest BCUT2D eigenvalue weighted by Crippen LogP contribution is -2.52. The van der Waals surface area contributed by atoms with Gasteiger partial charge in [-0.15, -0.1) is 0 Å². The largest absolute Gasteiger partial charge is 0.390 e. The Labute approximate surface area is 48.5 Å². The standard InChI is InChI=1S/C6H10O2/c7-6-4-1-2-8-5(6)3-4/h4-7H,1-3H2. The van der Waals surface area contributed by atoms with Crippen molar-refractivity contribution in [3.8, 4) is 0 Å². The van der Waals surface area contributed by atoms with E-state index in [9.17, 15) is 0 Å². The van der Waals surface area contributed by atoms with Crippen LogP contribution in [0, 0.1) is 5.92 Å². The van der Waals surface area contributed by atoms with Gasteiger partial charge in [0.15, 0.2) is 0 Å². The second-order valence-electron chi connectivity index (χ2n) is 2.68. The first-order chi connectivity index (χ1) is 3.88. The Morgan fingerprint density at radius 1 is 1.50 bits per heavy atom. The van der Waals surface area contributed by atoms with Gasteiger partial charge < -0.3 is 9.84 Å². The fourth-order valence-corrected chi connectivity index (χ4v) is 1.51. The normalized spacial score (nSPS) is 52.9. The summed E-state index contributed by atoms with van der Waals surface area (Å²) in [4.78, 5) is 0. The first kappa shape index (κ1) is 4.77. The third kappa shape index (κ3) is 0.446. The molecule has 0 aromatic carbocycles. The first-order valence-electron chi connectivity index (χ1n) is 3.17. The van der Waals surface area contributed by atoms with Crippen molar-refractivity contribution in [2.75, 3.05) is 6.61 Å². The van der Waals surface area contributed by atoms with Crippen molar-refractivity contribution < 1.29 is 9.84 Å². The Hall–Kier alpha value is -0.0800. The maximum atomic E-state index is 9.10. The molecule has 1 N–H and O–H groups in total. The predicted molar refractivity (Wildman–Crippen MR) is 28.5 cm³/mol. The maximum Gasteiger partial charge on any atom is 0.0840 e. The van der Waals surface area contributed by atoms with Gasteiger partial charge in [-0.2, -0.15) is 0 Å². The highest BCUT2D eigenvalue weighted by Crippen LogP contribution is 2.37. The molecule has 2 bridgehead atoms. The highest BCUT2D eigenvalue weighted by Gasteiger charge is 2.43. The summed E-state index contributed by atoms with van der Waals surface area (Å²) in [6, 6.07) is 0. The van der Waals surface area contributed by atoms with E-state index in [4.69, 9.17) is 9.84 Å². The third-order valence-corrected chi connectivity index (χ3v) is 2.22. The van der Waals surface area contributed by atoms with Gasteiger partial charge in [0, 0.05) is 6.61 Å². The third-order valence-electron chi connectivity index (χ3n) is 2.22. The van der Waals surface area contributed by atoms with Crippen molar-refractivity contribution in [3.05, 3.63) is 0 Å². The lowest BCUT2D eigenvalue weighted by molar-refractivity contribution is -0.182. The SMILES string of the molecule is OC1C2CCOC1C2. The number of aliphatic hydroxyl groups excluding tert-OH is 1. The van der Waals surface area contributed by atoms with E-state index in [0.29, 0.717) is 5.92 Å². The number of rotatable bonds is 0. The highest BCUT2D eigenvalue weighted by molar-refractivity contribution is 4.93. The minimum atomic E-state index is -0.122. The van der Waals surface area contributed by atoms with Crippen molar-refractivity contribution >= 4 is 0 Å². The second kappa shape index (κ2) is 1.45. The molecule has 1 saturated carbocycles. The fraction of sp³-hybridized carbons (Fsp3) is 1.00. The van der Waals surface area contributed by atoms with Crippen LogP contribution in [0.25, 0.3) is 0 Å². The van der Waals surface area contributed by atoms with Crippen LogP contribution in [0.1, 0.15) is 12.8 Å². The van der Waals surface area contributed by atoms with Crippen LogP contribution in [0.5, 0.6) is 0 Å². The Bertz CT molecular complexity index is 88.7. The van der Waals surface area contributed by atoms with E-state index < -0.39 is 0 Å². The van der Waals surface area contributed by atoms with Crippen LogP contribution in [-0.4, -0.2) is 23.9 Å². The smallest absolute Gasteiger partial charge is 0.0840 e. The van der Waals surface area contributed by atoms with E-state index in [2.05, 4.69) is 0 Å². The highest BCUT2D eigenvalue weighted by atomic mass is 16.5. The monoisotopic (exact) mass is 114 g/mol. The summed E-state index contributed by atoms with van der Waals surface area (Å²) in [6.45, 7) is 0.867. The molecule has 0 amide bonds. The molecule has 3 unspecified atom stereocenters. The molecule has 0 spiro atoms. The van der Waals surface area contributed by atoms with Gasteiger partial charge in [-0.1, -0.05) is 0 Å². The molecule has 0 radical (unpaired) electrons. The summed E-state index contributed by atoms with van der Waals surface area (Å²) < 4.78 is 5.21. The van der Waals surface area contributed by atoms with E-state index in [1.54, 1.807) is 0 Å². The number of hydrogen-bond donors (Lipinski definition) is 1. The molecule has 1 aliphatic carbocycles. The van der Waals surface area contributed by atoms with Crippen molar-refractivity contribution in [1.29, 1.82) is 0 Å². The topological polar surface area (TPSA) is 29.5 Å². The zero-order valence-corrected chi connectivity index (χ0v) is 4.71. The van der Waals surface area contributed by atoms with Gasteiger partial charge in [0.1, 0.15) is 0 Å². The van der Waals surface area contributed by atoms with Crippen LogP contribution in [-0.2, 0) is 4.74 Å². The van der Waals surface area contributed by atoms with Gasteiger partial charge >= 0.3 is 0 Å². The molecular formula is C6H10O2. The molecular weight excluding hydrogens is 104 g/mol. The number of hydrogen-bond acceptors (Lipinski definition) is 2. The molecule has 3 fully saturated rings. The molecule has 0 aromatic rings. The summed E-state index contributed by atoms with van der Waals surface area (Å²) in [7, 11) is 0. The van der Waals surface area contributed by atoms with E-state index >= 15 is 0 Å². The minimum Gasteiger partial charge on any atom is -0.390 e. The second-order valence-corrected chi connectivity index (χ2v) is 2.68. The Morgan fingerprint density at radius 3 is 2.62 bits per heavy atom. The van der Waals surface area contributed by atoms with Gasteiger partial charge in [0.2, 0.25) is 0 Å². The summed E-state index contributed by atoms with van der Waals surface area (Å²) in [6.07, 6.45) is 2.25. The van der Waals surface area contributed by atoms with E-state index in [0.717, 1.165) is 19.4 Å². The van der Waals surface area contributed by atoms with Crippen LogP contribution >= 0.6 is 0 Å². The van der Waals surface area contributed by atoms with Crippen molar-refractivity contribution in [1.82, 2.24) is 0 Å². The Balaban J connectivity index is 2.03. The van der Waals surface area contributed by atoms with Crippen molar-refractivity contribution in [2.24, 2.45) is 5.92 Å². The fourth-order valence-electron chi connectivity index (χ4n) is 1.51. The van der Waals surface area contributed by atoms with Gasteiger partial charge in [-0.25, -0.2) is 0 Å². The summed E-state index contributed by atoms with van der Waals surface area (Å²) >= 11 is 0. The Morgan fingerprint density at radius 2 is 2.38 bits per heavy atom. The van der Waals surface area contributed by atoms with E-state index in [-0.39, 0.29) is 12.2 Å². The van der Waals surface area contributed by atoms with Gasteiger partial charge in [-0.05, 0) is 18.8 Å². The molecule has 0 aromatic heterocycles. The lowest BCUT2D eigenvalue weighted by Gasteiger charge is -2.45. The minimum absolute atomic E-state index is 0.122. The average molecular weight is 114 g/mol. The van der Waals surface area contributed by atoms with Gasteiger partial charge in [-0.3, -0.25) is 0 Å². The van der Waals surface area contributed by atoms with Crippen LogP contribution in [0.3, 0.4) is 0 Å². The average Bonchev–Trinajstić information content (AvgIpc) is 1.89. The van der Waals surface area contributed by atoms with E-state index in [1.807, 2.05) is 0 Å². The quantitative estimate of drug-likeness (QED) is 0.486. The van der Waals surface area contributed by atoms with E-state index in [1.165, 1.54) is 0 Å². The zero-order valence-electron chi connectivity index (χ0n) is 4.71. The molecule has 2 aliphatic heterocycles. The number of ether oxygens (including phenoxy) is 1. The van der Waals surface area contributed by atoms with Crippen molar-refractivity contribution in [3.63, 3.8) is 0 Å². The molecule has 46 valence electrons. The molecule has 2 heteroatoms. The maximum absolute atomic E-state index is 9.10. The number of aliphatic hydroxyl groups is 1. The van der Waals surface area contributed by atoms with Gasteiger partial charge in [0.05, 0.1) is 12.2 Å². The van der Waals surface area contributed by atoms with Crippen LogP contribution in [0.4, 0.5) is 0 Å². The summed E-state index contributed by atoms with van der Waals surface area (Å²) in [5.74, 6) is 0.578. The van der Waals surface area contributed by atoms with Crippen LogP contribution in [0.15, 0.2) is 0 Å². The number of fused-ring (bicyclic) bond motifs is 2. The van der Waals surface area contributed by atoms with Crippen LogP contribution < -0.4 is 0 Å². The molecule has 2 nitrogen and oxygen atoms in total. The summed E-state index contributed by atoms with van der Waals surface area (Å²) in [5.41, 5.74) is 0. The predicted octanol–water partition coefficient (Wildman–Crippen LogP) is 0.156. The van der Waals surface area contributed by atoms with Crippen molar-refractivity contribution in [2.45, 2.75) is 25.0 Å². The van der Waals surface area contributed by atoms with Gasteiger partial charge in [0.25, 0.3) is 0 Å². The zero-order chi connectivity index (χ0) is 5.56. The molecule has 3 atom stereocenters. The molecule has 3 rings (SSSR count). The Kier molecular flexibility index (Phi) is 0.866. The lowest BCUT2D eigenvalue weighted by atomic mass is 9.75. The molecule has 2 saturated heterocycles. The first-order valence-corrected chi connectivity index (χ1v) is 3.17. The molecule has 3 aliphatic rings. The molecule has 2 heterocycles. The summed E-state index contributed by atoms with van der Waals surface area (Å²) in [5, 5.41) is 9.10. The molecule has 8 heavy (non-hydrogen) atoms. The van der Waals surface area contributed by atoms with Crippen LogP contribution in [0.2, 0.25) is 0 Å².